The van der Waals surface area contributed by atoms with E-state index < -0.39 is 5.92 Å². The molecule has 0 radical (unpaired) electrons. The smallest absolute Gasteiger partial charge is 0.311 e. The van der Waals surface area contributed by atoms with Crippen LogP contribution in [0.3, 0.4) is 0 Å². The standard InChI is InChI=1S/C17H19NO4/c1-12(18-16(19)15-9-6-10-22-15)14(17(20)21-2)11-13-7-4-3-5-8-13/h3-10,12,14H,11H2,1-2H3,(H,18,19)/t12-,14+/m0/s1. The van der Waals surface area contributed by atoms with E-state index in [4.69, 9.17) is 9.15 Å². The van der Waals surface area contributed by atoms with E-state index in [9.17, 15) is 9.59 Å². The van der Waals surface area contributed by atoms with Crippen molar-refractivity contribution < 1.29 is 18.7 Å². The van der Waals surface area contributed by atoms with E-state index in [2.05, 4.69) is 5.32 Å². The van der Waals surface area contributed by atoms with Gasteiger partial charge in [0.25, 0.3) is 5.91 Å². The number of carbonyl (C=O) groups is 2. The second kappa shape index (κ2) is 7.45. The predicted octanol–water partition coefficient (Wildman–Crippen LogP) is 2.43. The summed E-state index contributed by atoms with van der Waals surface area (Å²) in [4.78, 5) is 24.1. The Morgan fingerprint density at radius 1 is 1.18 bits per heavy atom. The first kappa shape index (κ1) is 15.8. The first-order valence-corrected chi connectivity index (χ1v) is 7.08. The molecule has 1 heterocycles. The Morgan fingerprint density at radius 3 is 2.50 bits per heavy atom. The lowest BCUT2D eigenvalue weighted by Gasteiger charge is -2.22. The molecule has 0 saturated carbocycles. The lowest BCUT2D eigenvalue weighted by atomic mass is 9.93. The molecular weight excluding hydrogens is 282 g/mol. The zero-order chi connectivity index (χ0) is 15.9. The number of hydrogen-bond acceptors (Lipinski definition) is 4. The third-order valence-corrected chi connectivity index (χ3v) is 3.51. The summed E-state index contributed by atoms with van der Waals surface area (Å²) in [5.41, 5.74) is 1.01. The van der Waals surface area contributed by atoms with E-state index in [1.54, 1.807) is 19.1 Å². The fraction of sp³-hybridized carbons (Fsp3) is 0.294. The second-order valence-corrected chi connectivity index (χ2v) is 5.06. The van der Waals surface area contributed by atoms with E-state index >= 15 is 0 Å². The quantitative estimate of drug-likeness (QED) is 0.832. The second-order valence-electron chi connectivity index (χ2n) is 5.06. The summed E-state index contributed by atoms with van der Waals surface area (Å²) >= 11 is 0. The Labute approximate surface area is 129 Å². The number of furan rings is 1. The van der Waals surface area contributed by atoms with Crippen LogP contribution in [0.2, 0.25) is 0 Å². The largest absolute Gasteiger partial charge is 0.469 e. The summed E-state index contributed by atoms with van der Waals surface area (Å²) in [6, 6.07) is 12.5. The van der Waals surface area contributed by atoms with Crippen molar-refractivity contribution in [1.82, 2.24) is 5.32 Å². The number of amides is 1. The number of rotatable bonds is 6. The molecule has 0 unspecified atom stereocenters. The molecule has 1 amide bonds. The van der Waals surface area contributed by atoms with Gasteiger partial charge in [0.05, 0.1) is 19.3 Å². The van der Waals surface area contributed by atoms with Crippen molar-refractivity contribution in [3.8, 4) is 0 Å². The third kappa shape index (κ3) is 3.97. The third-order valence-electron chi connectivity index (χ3n) is 3.51. The molecule has 116 valence electrons. The van der Waals surface area contributed by atoms with E-state index in [1.165, 1.54) is 13.4 Å². The Morgan fingerprint density at radius 2 is 1.91 bits per heavy atom. The molecule has 0 fully saturated rings. The molecule has 1 N–H and O–H groups in total. The predicted molar refractivity (Wildman–Crippen MR) is 81.3 cm³/mol. The highest BCUT2D eigenvalue weighted by Gasteiger charge is 2.28. The molecule has 2 atom stereocenters. The number of methoxy groups -OCH3 is 1. The molecule has 0 aliphatic heterocycles. The van der Waals surface area contributed by atoms with Gasteiger partial charge in [-0.25, -0.2) is 0 Å². The van der Waals surface area contributed by atoms with Crippen LogP contribution >= 0.6 is 0 Å². The van der Waals surface area contributed by atoms with Crippen molar-refractivity contribution >= 4 is 11.9 Å². The zero-order valence-electron chi connectivity index (χ0n) is 12.6. The topological polar surface area (TPSA) is 68.5 Å². The number of ether oxygens (including phenoxy) is 1. The lowest BCUT2D eigenvalue weighted by molar-refractivity contribution is -0.146. The highest BCUT2D eigenvalue weighted by Crippen LogP contribution is 2.15. The van der Waals surface area contributed by atoms with Crippen LogP contribution in [-0.4, -0.2) is 25.0 Å². The average Bonchev–Trinajstić information content (AvgIpc) is 3.07. The summed E-state index contributed by atoms with van der Waals surface area (Å²) in [6.45, 7) is 1.78. The van der Waals surface area contributed by atoms with Crippen LogP contribution in [0.15, 0.2) is 53.1 Å². The first-order valence-electron chi connectivity index (χ1n) is 7.08. The number of esters is 1. The molecule has 0 spiro atoms. The van der Waals surface area contributed by atoms with Crippen LogP contribution in [-0.2, 0) is 16.0 Å². The van der Waals surface area contributed by atoms with Gasteiger partial charge in [-0.15, -0.1) is 0 Å². The summed E-state index contributed by atoms with van der Waals surface area (Å²) < 4.78 is 9.92. The van der Waals surface area contributed by atoms with Gasteiger partial charge in [-0.3, -0.25) is 9.59 Å². The molecule has 2 rings (SSSR count). The summed E-state index contributed by atoms with van der Waals surface area (Å²) in [6.07, 6.45) is 1.93. The molecule has 2 aromatic rings. The Balaban J connectivity index is 2.07. The van der Waals surface area contributed by atoms with Gasteiger partial charge in [-0.2, -0.15) is 0 Å². The van der Waals surface area contributed by atoms with Gasteiger partial charge in [-0.1, -0.05) is 30.3 Å². The molecule has 5 heteroatoms. The average molecular weight is 301 g/mol. The molecule has 1 aromatic heterocycles. The molecule has 0 aliphatic carbocycles. The van der Waals surface area contributed by atoms with E-state index in [0.717, 1.165) is 5.56 Å². The molecule has 5 nitrogen and oxygen atoms in total. The van der Waals surface area contributed by atoms with E-state index in [-0.39, 0.29) is 23.7 Å². The molecule has 0 bridgehead atoms. The number of benzene rings is 1. The van der Waals surface area contributed by atoms with Gasteiger partial charge < -0.3 is 14.5 Å². The Kier molecular flexibility index (Phi) is 5.36. The van der Waals surface area contributed by atoms with Crippen LogP contribution in [0, 0.1) is 5.92 Å². The van der Waals surface area contributed by atoms with Gasteiger partial charge in [0.15, 0.2) is 5.76 Å². The van der Waals surface area contributed by atoms with Crippen molar-refractivity contribution in [3.63, 3.8) is 0 Å². The van der Waals surface area contributed by atoms with E-state index in [1.807, 2.05) is 30.3 Å². The Bertz CT molecular complexity index is 607. The van der Waals surface area contributed by atoms with Crippen molar-refractivity contribution in [2.45, 2.75) is 19.4 Å². The highest BCUT2D eigenvalue weighted by molar-refractivity contribution is 5.92. The van der Waals surface area contributed by atoms with Crippen LogP contribution < -0.4 is 5.32 Å². The van der Waals surface area contributed by atoms with Gasteiger partial charge in [0, 0.05) is 6.04 Å². The normalized spacial score (nSPS) is 13.2. The van der Waals surface area contributed by atoms with Crippen LogP contribution in [0.4, 0.5) is 0 Å². The minimum Gasteiger partial charge on any atom is -0.469 e. The molecule has 22 heavy (non-hydrogen) atoms. The van der Waals surface area contributed by atoms with Gasteiger partial charge in [-0.05, 0) is 31.0 Å². The lowest BCUT2D eigenvalue weighted by Crippen LogP contribution is -2.42. The van der Waals surface area contributed by atoms with Crippen molar-refractivity contribution in [2.24, 2.45) is 5.92 Å². The molecule has 0 saturated heterocycles. The monoisotopic (exact) mass is 301 g/mol. The Hall–Kier alpha value is -2.56. The van der Waals surface area contributed by atoms with Gasteiger partial charge in [0.2, 0.25) is 0 Å². The van der Waals surface area contributed by atoms with Gasteiger partial charge >= 0.3 is 5.97 Å². The van der Waals surface area contributed by atoms with Crippen LogP contribution in [0.5, 0.6) is 0 Å². The van der Waals surface area contributed by atoms with E-state index in [0.29, 0.717) is 6.42 Å². The minimum absolute atomic E-state index is 0.218. The fourth-order valence-electron chi connectivity index (χ4n) is 2.27. The molecular formula is C17H19NO4. The maximum absolute atomic E-state index is 12.0. The number of nitrogens with one attached hydrogen (secondary N) is 1. The van der Waals surface area contributed by atoms with Gasteiger partial charge in [0.1, 0.15) is 0 Å². The summed E-state index contributed by atoms with van der Waals surface area (Å²) in [5, 5.41) is 2.78. The molecule has 0 aliphatic rings. The number of carbonyl (C=O) groups excluding carboxylic acids is 2. The van der Waals surface area contributed by atoms with Crippen molar-refractivity contribution in [3.05, 3.63) is 60.1 Å². The first-order chi connectivity index (χ1) is 10.6. The molecule has 1 aromatic carbocycles. The maximum Gasteiger partial charge on any atom is 0.311 e. The van der Waals surface area contributed by atoms with Crippen molar-refractivity contribution in [2.75, 3.05) is 7.11 Å². The number of hydrogen-bond donors (Lipinski definition) is 1. The SMILES string of the molecule is COC(=O)[C@H](Cc1ccccc1)[C@H](C)NC(=O)c1ccco1. The highest BCUT2D eigenvalue weighted by atomic mass is 16.5. The minimum atomic E-state index is -0.466. The zero-order valence-corrected chi connectivity index (χ0v) is 12.6. The van der Waals surface area contributed by atoms with Crippen LogP contribution in [0.25, 0.3) is 0 Å². The maximum atomic E-state index is 12.0. The van der Waals surface area contributed by atoms with Crippen LogP contribution in [0.1, 0.15) is 23.0 Å². The van der Waals surface area contributed by atoms with Crippen molar-refractivity contribution in [1.29, 1.82) is 0 Å². The summed E-state index contributed by atoms with van der Waals surface area (Å²) in [5.74, 6) is -0.947. The summed E-state index contributed by atoms with van der Waals surface area (Å²) in [7, 11) is 1.35. The fourth-order valence-corrected chi connectivity index (χ4v) is 2.27.